The first kappa shape index (κ1) is 22.4. The summed E-state index contributed by atoms with van der Waals surface area (Å²) in [5.41, 5.74) is -0.404. The molecule has 0 aromatic heterocycles. The van der Waals surface area contributed by atoms with Crippen LogP contribution in [0.3, 0.4) is 0 Å². The van der Waals surface area contributed by atoms with Crippen LogP contribution >= 0.6 is 7.52 Å². The fourth-order valence-electron chi connectivity index (χ4n) is 3.77. The van der Waals surface area contributed by atoms with Gasteiger partial charge >= 0.3 is 7.52 Å². The first-order chi connectivity index (χ1) is 13.6. The van der Waals surface area contributed by atoms with Crippen molar-refractivity contribution in [3.05, 3.63) is 29.5 Å². The average molecular weight is 435 g/mol. The number of hydrogen-bond donors (Lipinski definition) is 4. The second-order valence-corrected chi connectivity index (χ2v) is 11.9. The van der Waals surface area contributed by atoms with Crippen molar-refractivity contribution in [2.75, 3.05) is 11.9 Å². The van der Waals surface area contributed by atoms with E-state index in [9.17, 15) is 24.5 Å². The molecule has 0 fully saturated rings. The second kappa shape index (κ2) is 7.13. The monoisotopic (exact) mass is 435 g/mol. The smallest absolute Gasteiger partial charge is 0.346 e. The van der Waals surface area contributed by atoms with Crippen molar-refractivity contribution in [3.8, 4) is 5.75 Å². The van der Waals surface area contributed by atoms with Gasteiger partial charge in [-0.3, -0.25) is 9.36 Å². The van der Waals surface area contributed by atoms with E-state index in [0.717, 1.165) is 6.42 Å². The van der Waals surface area contributed by atoms with E-state index in [1.807, 2.05) is 20.8 Å². The molecule has 3 rings (SSSR count). The molecular formula is C21H30N3O5P. The molecule has 1 unspecified atom stereocenters. The number of rotatable bonds is 3. The SMILES string of the molecule is CC(C)(C)CCN1C(=O)C(C2=NP(=O)(O)c3ccc(O)cc3N2)=C(O)[C@@H]1C(C)(C)C. The van der Waals surface area contributed by atoms with Crippen LogP contribution in [0.5, 0.6) is 5.75 Å². The maximum atomic E-state index is 13.3. The van der Waals surface area contributed by atoms with E-state index in [1.54, 1.807) is 4.90 Å². The van der Waals surface area contributed by atoms with Crippen LogP contribution in [0.4, 0.5) is 5.69 Å². The van der Waals surface area contributed by atoms with Gasteiger partial charge in [-0.15, -0.1) is 0 Å². The number of phenolic OH excluding ortho intramolecular Hbond substituents is 1. The van der Waals surface area contributed by atoms with E-state index in [4.69, 9.17) is 0 Å². The Morgan fingerprint density at radius 2 is 1.80 bits per heavy atom. The Balaban J connectivity index is 2.06. The fraction of sp³-hybridized carbons (Fsp3) is 0.524. The zero-order valence-corrected chi connectivity index (χ0v) is 19.1. The molecule has 1 amide bonds. The topological polar surface area (TPSA) is 122 Å². The molecule has 2 atom stereocenters. The number of nitrogens with zero attached hydrogens (tertiary/aromatic N) is 2. The molecule has 0 aliphatic carbocycles. The summed E-state index contributed by atoms with van der Waals surface area (Å²) in [7, 11) is -4.18. The van der Waals surface area contributed by atoms with E-state index < -0.39 is 24.9 Å². The van der Waals surface area contributed by atoms with Crippen molar-refractivity contribution in [1.82, 2.24) is 4.90 Å². The van der Waals surface area contributed by atoms with Gasteiger partial charge in [-0.05, 0) is 29.4 Å². The van der Waals surface area contributed by atoms with Crippen LogP contribution in [0, 0.1) is 10.8 Å². The highest BCUT2D eigenvalue weighted by Gasteiger charge is 2.48. The van der Waals surface area contributed by atoms with Crippen LogP contribution in [0.1, 0.15) is 48.0 Å². The number of aromatic hydroxyl groups is 1. The Kier molecular flexibility index (Phi) is 5.32. The van der Waals surface area contributed by atoms with Crippen molar-refractivity contribution >= 4 is 30.3 Å². The van der Waals surface area contributed by atoms with Gasteiger partial charge in [-0.2, -0.15) is 4.76 Å². The summed E-state index contributed by atoms with van der Waals surface area (Å²) in [5.74, 6) is -0.866. The molecule has 30 heavy (non-hydrogen) atoms. The Morgan fingerprint density at radius 1 is 1.17 bits per heavy atom. The number of aliphatic hydroxyl groups is 1. The standard InChI is InChI=1S/C21H30N3O5P/c1-20(2,3)9-10-24-17(21(4,5)6)16(26)15(19(24)27)18-22-13-11-12(25)7-8-14(13)30(28,29)23-18/h7-8,11,17,25-26H,9-10H2,1-6H3,(H2,22,23,28,29)/t17-/m1/s1. The summed E-state index contributed by atoms with van der Waals surface area (Å²) in [4.78, 5) is 25.4. The van der Waals surface area contributed by atoms with Crippen LogP contribution in [0.25, 0.3) is 0 Å². The normalized spacial score (nSPS) is 24.6. The van der Waals surface area contributed by atoms with Crippen molar-refractivity contribution < 1.29 is 24.5 Å². The molecule has 0 saturated carbocycles. The molecule has 2 heterocycles. The lowest BCUT2D eigenvalue weighted by Crippen LogP contribution is -2.45. The highest BCUT2D eigenvalue weighted by atomic mass is 31.2. The fourth-order valence-corrected chi connectivity index (χ4v) is 5.01. The van der Waals surface area contributed by atoms with Crippen LogP contribution in [0.15, 0.2) is 34.3 Å². The van der Waals surface area contributed by atoms with Gasteiger partial charge in [0.1, 0.15) is 17.1 Å². The number of fused-ring (bicyclic) bond motifs is 1. The molecule has 2 aliphatic rings. The van der Waals surface area contributed by atoms with Gasteiger partial charge in [-0.1, -0.05) is 41.5 Å². The van der Waals surface area contributed by atoms with Crippen molar-refractivity contribution in [2.45, 2.75) is 54.0 Å². The maximum absolute atomic E-state index is 13.3. The molecule has 8 nitrogen and oxygen atoms in total. The van der Waals surface area contributed by atoms with Crippen LogP contribution in [-0.4, -0.2) is 44.3 Å². The Labute approximate surface area is 176 Å². The molecule has 164 valence electrons. The second-order valence-electron chi connectivity index (χ2n) is 10.2. The minimum absolute atomic E-state index is 0.0149. The number of carbonyl (C=O) groups excluding carboxylic acids is 1. The lowest BCUT2D eigenvalue weighted by Gasteiger charge is -2.36. The van der Waals surface area contributed by atoms with E-state index >= 15 is 0 Å². The first-order valence-corrected chi connectivity index (χ1v) is 11.5. The van der Waals surface area contributed by atoms with Crippen LogP contribution in [-0.2, 0) is 9.36 Å². The Bertz CT molecular complexity index is 1000. The summed E-state index contributed by atoms with van der Waals surface area (Å²) in [6, 6.07) is 3.32. The predicted octanol–water partition coefficient (Wildman–Crippen LogP) is 3.53. The number of amides is 1. The number of nitrogens with one attached hydrogen (secondary N) is 1. The number of aliphatic hydroxyl groups excluding tert-OH is 1. The van der Waals surface area contributed by atoms with Gasteiger partial charge in [0, 0.05) is 12.6 Å². The largest absolute Gasteiger partial charge is 0.509 e. The minimum Gasteiger partial charge on any atom is -0.509 e. The van der Waals surface area contributed by atoms with E-state index in [-0.39, 0.29) is 39.3 Å². The van der Waals surface area contributed by atoms with Gasteiger partial charge in [0.05, 0.1) is 17.0 Å². The van der Waals surface area contributed by atoms with Gasteiger partial charge in [0.2, 0.25) is 0 Å². The van der Waals surface area contributed by atoms with E-state index in [1.165, 1.54) is 18.2 Å². The third-order valence-electron chi connectivity index (χ3n) is 5.24. The summed E-state index contributed by atoms with van der Waals surface area (Å²) in [6.45, 7) is 12.4. The average Bonchev–Trinajstić information content (AvgIpc) is 2.81. The third kappa shape index (κ3) is 4.12. The molecule has 0 spiro atoms. The molecule has 9 heteroatoms. The van der Waals surface area contributed by atoms with Crippen LogP contribution < -0.4 is 10.6 Å². The molecule has 0 saturated heterocycles. The maximum Gasteiger partial charge on any atom is 0.346 e. The highest BCUT2D eigenvalue weighted by molar-refractivity contribution is 7.65. The number of anilines is 1. The lowest BCUT2D eigenvalue weighted by atomic mass is 9.84. The first-order valence-electron chi connectivity index (χ1n) is 9.90. The number of amidine groups is 1. The minimum atomic E-state index is -4.18. The van der Waals surface area contributed by atoms with Gasteiger partial charge in [-0.25, -0.2) is 0 Å². The molecule has 1 aromatic carbocycles. The quantitative estimate of drug-likeness (QED) is 0.539. The Morgan fingerprint density at radius 3 is 2.37 bits per heavy atom. The zero-order chi connectivity index (χ0) is 22.6. The van der Waals surface area contributed by atoms with Crippen LogP contribution in [0.2, 0.25) is 0 Å². The lowest BCUT2D eigenvalue weighted by molar-refractivity contribution is -0.128. The van der Waals surface area contributed by atoms with Crippen molar-refractivity contribution in [2.24, 2.45) is 15.6 Å². The zero-order valence-electron chi connectivity index (χ0n) is 18.2. The number of phenols is 1. The summed E-state index contributed by atoms with van der Waals surface area (Å²) < 4.78 is 16.7. The summed E-state index contributed by atoms with van der Waals surface area (Å²) in [6.07, 6.45) is 0.723. The molecule has 0 radical (unpaired) electrons. The third-order valence-corrected chi connectivity index (χ3v) is 6.73. The molecule has 1 aromatic rings. The number of hydrogen-bond acceptors (Lipinski definition) is 5. The molecular weight excluding hydrogens is 405 g/mol. The van der Waals surface area contributed by atoms with E-state index in [0.29, 0.717) is 6.54 Å². The van der Waals surface area contributed by atoms with Gasteiger partial charge in [0.15, 0.2) is 5.84 Å². The molecule has 0 bridgehead atoms. The number of benzene rings is 1. The van der Waals surface area contributed by atoms with Gasteiger partial charge in [0.25, 0.3) is 5.91 Å². The predicted molar refractivity (Wildman–Crippen MR) is 117 cm³/mol. The summed E-state index contributed by atoms with van der Waals surface area (Å²) >= 11 is 0. The highest BCUT2D eigenvalue weighted by Crippen LogP contribution is 2.48. The van der Waals surface area contributed by atoms with Crippen molar-refractivity contribution in [1.29, 1.82) is 0 Å². The summed E-state index contributed by atoms with van der Waals surface area (Å²) in [5, 5.41) is 23.7. The Hall–Kier alpha value is -2.31. The van der Waals surface area contributed by atoms with Gasteiger partial charge < -0.3 is 25.3 Å². The van der Waals surface area contributed by atoms with E-state index in [2.05, 4.69) is 30.9 Å². The molecule has 4 N–H and O–H groups in total. The number of carbonyl (C=O) groups is 1. The van der Waals surface area contributed by atoms with Crippen molar-refractivity contribution in [3.63, 3.8) is 0 Å². The molecule has 2 aliphatic heterocycles.